The van der Waals surface area contributed by atoms with Crippen molar-refractivity contribution >= 4 is 39.8 Å². The van der Waals surface area contributed by atoms with Gasteiger partial charge >= 0.3 is 0 Å². The Balaban J connectivity index is 2.94. The molecule has 0 aliphatic carbocycles. The zero-order valence-electron chi connectivity index (χ0n) is 11.6. The van der Waals surface area contributed by atoms with Crippen molar-refractivity contribution in [2.24, 2.45) is 0 Å². The fraction of sp³-hybridized carbons (Fsp3) is 0.400. The normalized spacial score (nSPS) is 11.3. The Bertz CT molecular complexity index is 621. The maximum Gasteiger partial charge on any atom is 0.0927 e. The number of halogens is 2. The number of aromatic nitrogens is 1. The van der Waals surface area contributed by atoms with Gasteiger partial charge in [-0.1, -0.05) is 37.0 Å². The summed E-state index contributed by atoms with van der Waals surface area (Å²) in [6, 6.07) is 3.62. The number of rotatable bonds is 3. The summed E-state index contributed by atoms with van der Waals surface area (Å²) in [7, 11) is 0. The van der Waals surface area contributed by atoms with Gasteiger partial charge in [0.2, 0.25) is 0 Å². The Morgan fingerprint density at radius 3 is 2.42 bits per heavy atom. The first-order valence-corrected chi connectivity index (χ1v) is 7.25. The summed E-state index contributed by atoms with van der Waals surface area (Å²) in [5.74, 6) is 0.376. The van der Waals surface area contributed by atoms with Crippen molar-refractivity contribution < 1.29 is 0 Å². The molecule has 1 heterocycles. The molecule has 2 rings (SSSR count). The highest BCUT2D eigenvalue weighted by atomic mass is 35.5. The van der Waals surface area contributed by atoms with Crippen molar-refractivity contribution in [3.63, 3.8) is 0 Å². The van der Waals surface area contributed by atoms with Gasteiger partial charge in [-0.15, -0.1) is 0 Å². The first-order chi connectivity index (χ1) is 8.97. The van der Waals surface area contributed by atoms with Gasteiger partial charge in [0.1, 0.15) is 0 Å². The van der Waals surface area contributed by atoms with Crippen molar-refractivity contribution in [2.45, 2.75) is 33.6 Å². The zero-order chi connectivity index (χ0) is 14.2. The quantitative estimate of drug-likeness (QED) is 0.819. The molecule has 0 aliphatic heterocycles. The van der Waals surface area contributed by atoms with Crippen molar-refractivity contribution in [3.05, 3.63) is 33.4 Å². The highest BCUT2D eigenvalue weighted by Gasteiger charge is 2.18. The van der Waals surface area contributed by atoms with E-state index in [0.29, 0.717) is 16.0 Å². The predicted molar refractivity (Wildman–Crippen MR) is 84.8 cm³/mol. The topological polar surface area (TPSA) is 24.9 Å². The third-order valence-electron chi connectivity index (χ3n) is 3.20. The second-order valence-corrected chi connectivity index (χ2v) is 5.74. The lowest BCUT2D eigenvalue weighted by Gasteiger charge is -2.20. The SMILES string of the molecule is CCNc1c(C(C)C)c(C)nc2c(Cl)ccc(Cl)c12. The van der Waals surface area contributed by atoms with Crippen LogP contribution in [-0.2, 0) is 0 Å². The van der Waals surface area contributed by atoms with E-state index in [1.165, 1.54) is 5.56 Å². The monoisotopic (exact) mass is 296 g/mol. The molecule has 0 saturated carbocycles. The van der Waals surface area contributed by atoms with Crippen molar-refractivity contribution in [2.75, 3.05) is 11.9 Å². The van der Waals surface area contributed by atoms with Crippen LogP contribution in [0.2, 0.25) is 10.0 Å². The Labute approximate surface area is 124 Å². The van der Waals surface area contributed by atoms with Gasteiger partial charge in [0.05, 0.1) is 21.2 Å². The molecule has 0 saturated heterocycles. The molecule has 1 aromatic heterocycles. The zero-order valence-corrected chi connectivity index (χ0v) is 13.2. The lowest BCUT2D eigenvalue weighted by molar-refractivity contribution is 0.848. The van der Waals surface area contributed by atoms with Crippen LogP contribution in [0.1, 0.15) is 37.9 Å². The number of hydrogen-bond donors (Lipinski definition) is 1. The molecule has 0 fully saturated rings. The molecule has 2 aromatic rings. The largest absolute Gasteiger partial charge is 0.384 e. The summed E-state index contributed by atoms with van der Waals surface area (Å²) in [5, 5.41) is 5.67. The minimum Gasteiger partial charge on any atom is -0.384 e. The van der Waals surface area contributed by atoms with Crippen LogP contribution >= 0.6 is 23.2 Å². The third-order valence-corrected chi connectivity index (χ3v) is 3.82. The molecule has 0 unspecified atom stereocenters. The van der Waals surface area contributed by atoms with Crippen LogP contribution in [-0.4, -0.2) is 11.5 Å². The van der Waals surface area contributed by atoms with Crippen LogP contribution in [0.25, 0.3) is 10.9 Å². The van der Waals surface area contributed by atoms with Crippen LogP contribution in [0.5, 0.6) is 0 Å². The average molecular weight is 297 g/mol. The van der Waals surface area contributed by atoms with Gasteiger partial charge in [-0.25, -0.2) is 0 Å². The van der Waals surface area contributed by atoms with Gasteiger partial charge in [-0.2, -0.15) is 0 Å². The number of fused-ring (bicyclic) bond motifs is 1. The molecule has 1 aromatic carbocycles. The maximum absolute atomic E-state index is 6.36. The fourth-order valence-corrected chi connectivity index (χ4v) is 2.95. The third kappa shape index (κ3) is 2.52. The fourth-order valence-electron chi connectivity index (χ4n) is 2.50. The molecule has 102 valence electrons. The Hall–Kier alpha value is -0.990. The lowest BCUT2D eigenvalue weighted by atomic mass is 9.96. The first-order valence-electron chi connectivity index (χ1n) is 6.49. The number of aryl methyl sites for hydroxylation is 1. The minimum atomic E-state index is 0.376. The first kappa shape index (κ1) is 14.4. The smallest absolute Gasteiger partial charge is 0.0927 e. The van der Waals surface area contributed by atoms with E-state index in [1.807, 2.05) is 13.0 Å². The lowest BCUT2D eigenvalue weighted by Crippen LogP contribution is -2.07. The minimum absolute atomic E-state index is 0.376. The Morgan fingerprint density at radius 2 is 1.84 bits per heavy atom. The van der Waals surface area contributed by atoms with Gasteiger partial charge in [0.15, 0.2) is 0 Å². The highest BCUT2D eigenvalue weighted by Crippen LogP contribution is 2.39. The summed E-state index contributed by atoms with van der Waals surface area (Å²) in [5.41, 5.74) is 4.04. The summed E-state index contributed by atoms with van der Waals surface area (Å²) < 4.78 is 0. The molecule has 0 atom stereocenters. The van der Waals surface area contributed by atoms with Gasteiger partial charge in [0, 0.05) is 17.6 Å². The van der Waals surface area contributed by atoms with Gasteiger partial charge in [-0.05, 0) is 37.5 Å². The standard InChI is InChI=1S/C15H18Cl2N2/c1-5-18-15-12(8(2)3)9(4)19-14-11(17)7-6-10(16)13(14)15/h6-8H,5H2,1-4H3,(H,18,19). The van der Waals surface area contributed by atoms with E-state index in [0.717, 1.165) is 28.8 Å². The van der Waals surface area contributed by atoms with Crippen LogP contribution in [0.15, 0.2) is 12.1 Å². The molecule has 2 nitrogen and oxygen atoms in total. The number of benzene rings is 1. The molecule has 0 amide bonds. The summed E-state index contributed by atoms with van der Waals surface area (Å²) in [6.07, 6.45) is 0. The molecule has 19 heavy (non-hydrogen) atoms. The number of anilines is 1. The van der Waals surface area contributed by atoms with E-state index >= 15 is 0 Å². The molecular weight excluding hydrogens is 279 g/mol. The second kappa shape index (κ2) is 5.56. The molecule has 0 bridgehead atoms. The van der Waals surface area contributed by atoms with Crippen molar-refractivity contribution in [1.29, 1.82) is 0 Å². The molecule has 0 spiro atoms. The van der Waals surface area contributed by atoms with E-state index in [2.05, 4.69) is 31.1 Å². The van der Waals surface area contributed by atoms with E-state index < -0.39 is 0 Å². The molecule has 0 radical (unpaired) electrons. The highest BCUT2D eigenvalue weighted by molar-refractivity contribution is 6.41. The van der Waals surface area contributed by atoms with Crippen LogP contribution in [0.4, 0.5) is 5.69 Å². The van der Waals surface area contributed by atoms with Crippen molar-refractivity contribution in [3.8, 4) is 0 Å². The maximum atomic E-state index is 6.36. The van der Waals surface area contributed by atoms with Crippen LogP contribution < -0.4 is 5.32 Å². The molecule has 4 heteroatoms. The van der Waals surface area contributed by atoms with Gasteiger partial charge < -0.3 is 5.32 Å². The van der Waals surface area contributed by atoms with Crippen molar-refractivity contribution in [1.82, 2.24) is 4.98 Å². The van der Waals surface area contributed by atoms with E-state index in [4.69, 9.17) is 23.2 Å². The van der Waals surface area contributed by atoms with Gasteiger partial charge in [-0.3, -0.25) is 4.98 Å². The van der Waals surface area contributed by atoms with Gasteiger partial charge in [0.25, 0.3) is 0 Å². The molecule has 0 aliphatic rings. The second-order valence-electron chi connectivity index (χ2n) is 4.92. The average Bonchev–Trinajstić information content (AvgIpc) is 2.33. The Morgan fingerprint density at radius 1 is 1.21 bits per heavy atom. The molecule has 1 N–H and O–H groups in total. The van der Waals surface area contributed by atoms with E-state index in [-0.39, 0.29) is 0 Å². The van der Waals surface area contributed by atoms with E-state index in [1.54, 1.807) is 6.07 Å². The van der Waals surface area contributed by atoms with Crippen LogP contribution in [0.3, 0.4) is 0 Å². The summed E-state index contributed by atoms with van der Waals surface area (Å²) in [6.45, 7) is 9.25. The number of nitrogens with one attached hydrogen (secondary N) is 1. The summed E-state index contributed by atoms with van der Waals surface area (Å²) in [4.78, 5) is 4.64. The predicted octanol–water partition coefficient (Wildman–Crippen LogP) is 5.41. The Kier molecular flexibility index (Phi) is 4.22. The van der Waals surface area contributed by atoms with E-state index in [9.17, 15) is 0 Å². The molecular formula is C15H18Cl2N2. The number of nitrogens with zero attached hydrogens (tertiary/aromatic N) is 1. The summed E-state index contributed by atoms with van der Waals surface area (Å²) >= 11 is 12.6. The number of pyridine rings is 1. The van der Waals surface area contributed by atoms with Crippen LogP contribution in [0, 0.1) is 6.92 Å². The number of hydrogen-bond acceptors (Lipinski definition) is 2.